The molecule has 0 radical (unpaired) electrons. The van der Waals surface area contributed by atoms with Gasteiger partial charge in [-0.2, -0.15) is 0 Å². The zero-order chi connectivity index (χ0) is 17.7. The predicted octanol–water partition coefficient (Wildman–Crippen LogP) is 3.76. The molecule has 0 fully saturated rings. The van der Waals surface area contributed by atoms with Gasteiger partial charge in [0.05, 0.1) is 12.7 Å². The van der Waals surface area contributed by atoms with E-state index in [1.807, 2.05) is 6.92 Å². The molecule has 0 saturated heterocycles. The highest BCUT2D eigenvalue weighted by Crippen LogP contribution is 2.21. The summed E-state index contributed by atoms with van der Waals surface area (Å²) in [5, 5.41) is 3.39. The minimum atomic E-state index is -0.419. The third-order valence-electron chi connectivity index (χ3n) is 3.42. The van der Waals surface area contributed by atoms with Gasteiger partial charge in [-0.05, 0) is 61.4 Å². The van der Waals surface area contributed by atoms with E-state index in [1.165, 1.54) is 7.11 Å². The number of hydrogen-bond acceptors (Lipinski definition) is 4. The van der Waals surface area contributed by atoms with Crippen LogP contribution in [0.5, 0.6) is 5.75 Å². The van der Waals surface area contributed by atoms with Crippen molar-refractivity contribution in [2.75, 3.05) is 19.0 Å². The standard InChI is InChI=1S/C18H18ClNO4/c1-11-9-14(5-6-15(11)19)24-10-17(21)20-16-7-4-13(8-12(16)2)18(22)23-3/h4-9H,10H2,1-3H3,(H,20,21). The summed E-state index contributed by atoms with van der Waals surface area (Å²) in [6.45, 7) is 3.53. The minimum Gasteiger partial charge on any atom is -0.484 e. The van der Waals surface area contributed by atoms with Crippen molar-refractivity contribution in [3.63, 3.8) is 0 Å². The molecule has 0 bridgehead atoms. The van der Waals surface area contributed by atoms with Crippen LogP contribution in [0.15, 0.2) is 36.4 Å². The Hall–Kier alpha value is -2.53. The SMILES string of the molecule is COC(=O)c1ccc(NC(=O)COc2ccc(Cl)c(C)c2)c(C)c1. The number of carbonyl (C=O) groups is 2. The Morgan fingerprint density at radius 1 is 1.08 bits per heavy atom. The monoisotopic (exact) mass is 347 g/mol. The van der Waals surface area contributed by atoms with Gasteiger partial charge >= 0.3 is 5.97 Å². The number of amides is 1. The van der Waals surface area contributed by atoms with E-state index in [0.717, 1.165) is 11.1 Å². The summed E-state index contributed by atoms with van der Waals surface area (Å²) in [7, 11) is 1.32. The highest BCUT2D eigenvalue weighted by molar-refractivity contribution is 6.31. The Bertz CT molecular complexity index is 774. The van der Waals surface area contributed by atoms with Crippen LogP contribution in [0.1, 0.15) is 21.5 Å². The fourth-order valence-electron chi connectivity index (χ4n) is 2.09. The van der Waals surface area contributed by atoms with Gasteiger partial charge in [-0.3, -0.25) is 4.79 Å². The molecule has 0 atom stereocenters. The summed E-state index contributed by atoms with van der Waals surface area (Å²) >= 11 is 5.95. The average Bonchev–Trinajstić information content (AvgIpc) is 2.57. The van der Waals surface area contributed by atoms with Crippen molar-refractivity contribution in [1.82, 2.24) is 0 Å². The molecule has 2 aromatic rings. The summed E-state index contributed by atoms with van der Waals surface area (Å²) in [5.74, 6) is -0.140. The third-order valence-corrected chi connectivity index (χ3v) is 3.85. The van der Waals surface area contributed by atoms with Crippen LogP contribution in [0, 0.1) is 13.8 Å². The van der Waals surface area contributed by atoms with E-state index < -0.39 is 5.97 Å². The largest absolute Gasteiger partial charge is 0.484 e. The summed E-state index contributed by atoms with van der Waals surface area (Å²) < 4.78 is 10.1. The van der Waals surface area contributed by atoms with Gasteiger partial charge in [0.15, 0.2) is 6.61 Å². The molecular weight excluding hydrogens is 330 g/mol. The predicted molar refractivity (Wildman–Crippen MR) is 92.8 cm³/mol. The lowest BCUT2D eigenvalue weighted by Gasteiger charge is -2.11. The highest BCUT2D eigenvalue weighted by Gasteiger charge is 2.10. The van der Waals surface area contributed by atoms with E-state index in [4.69, 9.17) is 16.3 Å². The van der Waals surface area contributed by atoms with Crippen LogP contribution in [0.3, 0.4) is 0 Å². The van der Waals surface area contributed by atoms with E-state index >= 15 is 0 Å². The first-order valence-corrected chi connectivity index (χ1v) is 7.66. The van der Waals surface area contributed by atoms with Gasteiger partial charge in [-0.25, -0.2) is 4.79 Å². The normalized spacial score (nSPS) is 10.2. The Labute approximate surface area is 145 Å². The number of aryl methyl sites for hydroxylation is 2. The smallest absolute Gasteiger partial charge is 0.337 e. The number of nitrogens with one attached hydrogen (secondary N) is 1. The second-order valence-corrected chi connectivity index (χ2v) is 5.68. The molecule has 0 aliphatic heterocycles. The van der Waals surface area contributed by atoms with E-state index in [1.54, 1.807) is 43.3 Å². The number of benzene rings is 2. The molecule has 126 valence electrons. The molecule has 0 aliphatic carbocycles. The molecule has 1 amide bonds. The number of hydrogen-bond donors (Lipinski definition) is 1. The summed E-state index contributed by atoms with van der Waals surface area (Å²) in [5.41, 5.74) is 2.68. The van der Waals surface area contributed by atoms with Crippen molar-refractivity contribution in [1.29, 1.82) is 0 Å². The van der Waals surface area contributed by atoms with Gasteiger partial charge in [-0.15, -0.1) is 0 Å². The van der Waals surface area contributed by atoms with Gasteiger partial charge in [0.25, 0.3) is 5.91 Å². The van der Waals surface area contributed by atoms with Crippen LogP contribution < -0.4 is 10.1 Å². The van der Waals surface area contributed by atoms with Crippen molar-refractivity contribution in [3.8, 4) is 5.75 Å². The Morgan fingerprint density at radius 2 is 1.83 bits per heavy atom. The minimum absolute atomic E-state index is 0.126. The van der Waals surface area contributed by atoms with Crippen molar-refractivity contribution < 1.29 is 19.1 Å². The molecule has 0 aliphatic rings. The molecule has 24 heavy (non-hydrogen) atoms. The fourth-order valence-corrected chi connectivity index (χ4v) is 2.21. The van der Waals surface area contributed by atoms with E-state index in [-0.39, 0.29) is 12.5 Å². The average molecular weight is 348 g/mol. The Balaban J connectivity index is 1.97. The fraction of sp³-hybridized carbons (Fsp3) is 0.222. The number of ether oxygens (including phenoxy) is 2. The summed E-state index contributed by atoms with van der Waals surface area (Å²) in [6.07, 6.45) is 0. The number of anilines is 1. The molecule has 6 heteroatoms. The first-order valence-electron chi connectivity index (χ1n) is 7.28. The summed E-state index contributed by atoms with van der Waals surface area (Å²) in [6, 6.07) is 10.1. The van der Waals surface area contributed by atoms with Crippen LogP contribution in [0.25, 0.3) is 0 Å². The molecule has 0 unspecified atom stereocenters. The van der Waals surface area contributed by atoms with Crippen LogP contribution in [0.4, 0.5) is 5.69 Å². The van der Waals surface area contributed by atoms with E-state index in [9.17, 15) is 9.59 Å². The zero-order valence-corrected chi connectivity index (χ0v) is 14.4. The second kappa shape index (κ2) is 7.84. The molecule has 0 saturated carbocycles. The quantitative estimate of drug-likeness (QED) is 0.836. The lowest BCUT2D eigenvalue weighted by molar-refractivity contribution is -0.118. The molecule has 2 aromatic carbocycles. The van der Waals surface area contributed by atoms with Crippen molar-refractivity contribution in [2.24, 2.45) is 0 Å². The molecule has 0 aromatic heterocycles. The summed E-state index contributed by atoms with van der Waals surface area (Å²) in [4.78, 5) is 23.5. The molecule has 5 nitrogen and oxygen atoms in total. The number of esters is 1. The van der Waals surface area contributed by atoms with Crippen LogP contribution in [0.2, 0.25) is 5.02 Å². The number of halogens is 1. The topological polar surface area (TPSA) is 64.6 Å². The molecule has 0 spiro atoms. The Kier molecular flexibility index (Phi) is 5.82. The highest BCUT2D eigenvalue weighted by atomic mass is 35.5. The number of rotatable bonds is 5. The van der Waals surface area contributed by atoms with Gasteiger partial charge in [0.2, 0.25) is 0 Å². The van der Waals surface area contributed by atoms with Crippen molar-refractivity contribution in [3.05, 3.63) is 58.1 Å². The second-order valence-electron chi connectivity index (χ2n) is 5.27. The van der Waals surface area contributed by atoms with E-state index in [0.29, 0.717) is 22.0 Å². The zero-order valence-electron chi connectivity index (χ0n) is 13.7. The number of carbonyl (C=O) groups excluding carboxylic acids is 2. The molecular formula is C18H18ClNO4. The van der Waals surface area contributed by atoms with Crippen LogP contribution in [-0.2, 0) is 9.53 Å². The molecule has 2 rings (SSSR count). The third kappa shape index (κ3) is 4.49. The van der Waals surface area contributed by atoms with Crippen LogP contribution >= 0.6 is 11.6 Å². The Morgan fingerprint density at radius 3 is 2.46 bits per heavy atom. The van der Waals surface area contributed by atoms with Crippen molar-refractivity contribution >= 4 is 29.2 Å². The van der Waals surface area contributed by atoms with Gasteiger partial charge in [0, 0.05) is 10.7 Å². The van der Waals surface area contributed by atoms with Crippen molar-refractivity contribution in [2.45, 2.75) is 13.8 Å². The maximum Gasteiger partial charge on any atom is 0.337 e. The lowest BCUT2D eigenvalue weighted by atomic mass is 10.1. The van der Waals surface area contributed by atoms with Gasteiger partial charge in [-0.1, -0.05) is 11.6 Å². The van der Waals surface area contributed by atoms with Gasteiger partial charge < -0.3 is 14.8 Å². The van der Waals surface area contributed by atoms with E-state index in [2.05, 4.69) is 10.1 Å². The first-order chi connectivity index (χ1) is 11.4. The molecule has 0 heterocycles. The molecule has 1 N–H and O–H groups in total. The van der Waals surface area contributed by atoms with Crippen LogP contribution in [-0.4, -0.2) is 25.6 Å². The lowest BCUT2D eigenvalue weighted by Crippen LogP contribution is -2.20. The first kappa shape index (κ1) is 17.8. The number of methoxy groups -OCH3 is 1. The maximum absolute atomic E-state index is 12.0. The van der Waals surface area contributed by atoms with Gasteiger partial charge in [0.1, 0.15) is 5.75 Å². The maximum atomic E-state index is 12.0.